The molecule has 5 nitrogen and oxygen atoms in total. The number of ether oxygens (including phenoxy) is 3. The smallest absolute Gasteiger partial charge is 0.203 e. The summed E-state index contributed by atoms with van der Waals surface area (Å²) in [7, 11) is 4.67. The van der Waals surface area contributed by atoms with Crippen LogP contribution in [0.2, 0.25) is 0 Å². The average Bonchev–Trinajstić information content (AvgIpc) is 2.80. The SMILES string of the molecule is C=CC[C@@]12C=C(OC)C(=O)[C@@H](C1O)[C@H](c1ccc(OC)c(OC)c1)[C@H]2C. The number of Topliss-reactive ketones (excluding diaryl/α,β-unsaturated/α-hetero) is 1. The predicted molar refractivity (Wildman–Crippen MR) is 98.3 cm³/mol. The number of benzene rings is 1. The van der Waals surface area contributed by atoms with E-state index < -0.39 is 17.4 Å². The molecule has 1 unspecified atom stereocenters. The van der Waals surface area contributed by atoms with Crippen molar-refractivity contribution in [2.24, 2.45) is 17.3 Å². The fourth-order valence-corrected chi connectivity index (χ4v) is 4.78. The summed E-state index contributed by atoms with van der Waals surface area (Å²) in [6.07, 6.45) is 3.41. The molecular formula is C21H26O5. The minimum absolute atomic E-state index is 0.0233. The second kappa shape index (κ2) is 6.80. The Morgan fingerprint density at radius 3 is 2.42 bits per heavy atom. The van der Waals surface area contributed by atoms with Gasteiger partial charge in [-0.2, -0.15) is 0 Å². The van der Waals surface area contributed by atoms with Crippen LogP contribution in [0.1, 0.15) is 24.8 Å². The molecule has 5 atom stereocenters. The van der Waals surface area contributed by atoms with Crippen molar-refractivity contribution in [1.82, 2.24) is 0 Å². The van der Waals surface area contributed by atoms with E-state index in [0.29, 0.717) is 23.7 Å². The number of hydrogen-bond donors (Lipinski definition) is 1. The van der Waals surface area contributed by atoms with Crippen molar-refractivity contribution in [2.45, 2.75) is 25.4 Å². The molecule has 1 aromatic carbocycles. The molecule has 0 aromatic heterocycles. The highest BCUT2D eigenvalue weighted by Gasteiger charge is 2.62. The predicted octanol–water partition coefficient (Wildman–Crippen LogP) is 3.09. The van der Waals surface area contributed by atoms with Crippen molar-refractivity contribution in [3.05, 3.63) is 48.3 Å². The zero-order valence-electron chi connectivity index (χ0n) is 15.7. The second-order valence-corrected chi connectivity index (χ2v) is 7.08. The highest BCUT2D eigenvalue weighted by molar-refractivity contribution is 5.98. The van der Waals surface area contributed by atoms with Gasteiger partial charge in [0.05, 0.1) is 33.4 Å². The van der Waals surface area contributed by atoms with Gasteiger partial charge in [0.15, 0.2) is 17.3 Å². The number of allylic oxidation sites excluding steroid dienone is 2. The Morgan fingerprint density at radius 2 is 1.85 bits per heavy atom. The maximum absolute atomic E-state index is 12.9. The zero-order valence-corrected chi connectivity index (χ0v) is 15.7. The van der Waals surface area contributed by atoms with Crippen LogP contribution in [0.4, 0.5) is 0 Å². The van der Waals surface area contributed by atoms with E-state index >= 15 is 0 Å². The third-order valence-corrected chi connectivity index (χ3v) is 6.12. The Kier molecular flexibility index (Phi) is 4.84. The van der Waals surface area contributed by atoms with Crippen LogP contribution in [0.25, 0.3) is 0 Å². The van der Waals surface area contributed by atoms with Crippen molar-refractivity contribution < 1.29 is 24.1 Å². The largest absolute Gasteiger partial charge is 0.493 e. The molecule has 1 fully saturated rings. The molecule has 1 N–H and O–H groups in total. The van der Waals surface area contributed by atoms with Gasteiger partial charge in [-0.05, 0) is 36.1 Å². The first kappa shape index (κ1) is 18.5. The third-order valence-electron chi connectivity index (χ3n) is 6.12. The highest BCUT2D eigenvalue weighted by atomic mass is 16.5. The number of aliphatic hydroxyl groups excluding tert-OH is 1. The van der Waals surface area contributed by atoms with E-state index in [-0.39, 0.29) is 17.6 Å². The lowest BCUT2D eigenvalue weighted by Gasteiger charge is -2.36. The molecule has 0 heterocycles. The van der Waals surface area contributed by atoms with Crippen LogP contribution in [0, 0.1) is 17.3 Å². The van der Waals surface area contributed by atoms with E-state index in [1.807, 2.05) is 24.3 Å². The summed E-state index contributed by atoms with van der Waals surface area (Å²) in [6, 6.07) is 5.68. The van der Waals surface area contributed by atoms with Gasteiger partial charge < -0.3 is 19.3 Å². The van der Waals surface area contributed by atoms with Gasteiger partial charge in [-0.3, -0.25) is 4.79 Å². The molecular weight excluding hydrogens is 332 g/mol. The molecule has 5 heteroatoms. The van der Waals surface area contributed by atoms with E-state index in [1.54, 1.807) is 20.3 Å². The molecule has 0 aliphatic heterocycles. The summed E-state index contributed by atoms with van der Waals surface area (Å²) in [5.41, 5.74) is 0.382. The van der Waals surface area contributed by atoms with E-state index in [9.17, 15) is 9.90 Å². The molecule has 1 aromatic rings. The maximum atomic E-state index is 12.9. The van der Waals surface area contributed by atoms with Gasteiger partial charge in [-0.25, -0.2) is 0 Å². The Labute approximate surface area is 154 Å². The number of aliphatic hydroxyl groups is 1. The van der Waals surface area contributed by atoms with Crippen molar-refractivity contribution in [1.29, 1.82) is 0 Å². The van der Waals surface area contributed by atoms with Crippen LogP contribution in [-0.4, -0.2) is 38.3 Å². The average molecular weight is 358 g/mol. The summed E-state index contributed by atoms with van der Waals surface area (Å²) in [6.45, 7) is 5.93. The maximum Gasteiger partial charge on any atom is 0.203 e. The van der Waals surface area contributed by atoms with E-state index in [1.165, 1.54) is 7.11 Å². The van der Waals surface area contributed by atoms with Crippen molar-refractivity contribution in [3.63, 3.8) is 0 Å². The number of carbonyl (C=O) groups excluding carboxylic acids is 1. The summed E-state index contributed by atoms with van der Waals surface area (Å²) in [4.78, 5) is 12.9. The van der Waals surface area contributed by atoms with Gasteiger partial charge in [0.25, 0.3) is 0 Å². The van der Waals surface area contributed by atoms with E-state index in [0.717, 1.165) is 5.56 Å². The van der Waals surface area contributed by atoms with Gasteiger partial charge in [-0.1, -0.05) is 19.1 Å². The summed E-state index contributed by atoms with van der Waals surface area (Å²) < 4.78 is 16.1. The number of fused-ring (bicyclic) bond motifs is 2. The quantitative estimate of drug-likeness (QED) is 0.792. The lowest BCUT2D eigenvalue weighted by molar-refractivity contribution is -0.128. The minimum atomic E-state index is -0.778. The molecule has 0 saturated heterocycles. The van der Waals surface area contributed by atoms with E-state index in [2.05, 4.69) is 13.5 Å². The Hall–Kier alpha value is -2.27. The van der Waals surface area contributed by atoms with Gasteiger partial charge in [0.2, 0.25) is 5.78 Å². The molecule has 2 aliphatic rings. The first-order chi connectivity index (χ1) is 12.4. The molecule has 1 saturated carbocycles. The minimum Gasteiger partial charge on any atom is -0.493 e. The summed E-state index contributed by atoms with van der Waals surface area (Å²) in [5, 5.41) is 11.1. The molecule has 0 amide bonds. The van der Waals surface area contributed by atoms with Crippen LogP contribution in [0.5, 0.6) is 11.5 Å². The monoisotopic (exact) mass is 358 g/mol. The molecule has 0 radical (unpaired) electrons. The molecule has 140 valence electrons. The fourth-order valence-electron chi connectivity index (χ4n) is 4.78. The molecule has 26 heavy (non-hydrogen) atoms. The number of ketones is 1. The van der Waals surface area contributed by atoms with Crippen LogP contribution < -0.4 is 9.47 Å². The zero-order chi connectivity index (χ0) is 19.1. The molecule has 2 bridgehead atoms. The van der Waals surface area contributed by atoms with Gasteiger partial charge >= 0.3 is 0 Å². The van der Waals surface area contributed by atoms with Crippen LogP contribution in [0.15, 0.2) is 42.7 Å². The Bertz CT molecular complexity index is 753. The lowest BCUT2D eigenvalue weighted by Crippen LogP contribution is -2.42. The Balaban J connectivity index is 2.13. The molecule has 3 rings (SSSR count). The van der Waals surface area contributed by atoms with Crippen LogP contribution in [-0.2, 0) is 9.53 Å². The van der Waals surface area contributed by atoms with Gasteiger partial charge in [0, 0.05) is 11.3 Å². The van der Waals surface area contributed by atoms with Gasteiger partial charge in [0.1, 0.15) is 0 Å². The topological polar surface area (TPSA) is 65.0 Å². The van der Waals surface area contributed by atoms with Crippen molar-refractivity contribution in [3.8, 4) is 11.5 Å². The summed E-state index contributed by atoms with van der Waals surface area (Å²) in [5.74, 6) is 0.742. The summed E-state index contributed by atoms with van der Waals surface area (Å²) >= 11 is 0. The molecule has 2 aliphatic carbocycles. The second-order valence-electron chi connectivity index (χ2n) is 7.08. The highest BCUT2D eigenvalue weighted by Crippen LogP contribution is 2.61. The van der Waals surface area contributed by atoms with Crippen molar-refractivity contribution in [2.75, 3.05) is 21.3 Å². The number of carbonyl (C=O) groups is 1. The van der Waals surface area contributed by atoms with E-state index in [4.69, 9.17) is 14.2 Å². The fraction of sp³-hybridized carbons (Fsp3) is 0.476. The van der Waals surface area contributed by atoms with Crippen LogP contribution >= 0.6 is 0 Å². The number of methoxy groups -OCH3 is 3. The van der Waals surface area contributed by atoms with Gasteiger partial charge in [-0.15, -0.1) is 6.58 Å². The Morgan fingerprint density at radius 1 is 1.15 bits per heavy atom. The van der Waals surface area contributed by atoms with Crippen molar-refractivity contribution >= 4 is 5.78 Å². The normalized spacial score (nSPS) is 32.8. The third kappa shape index (κ3) is 2.45. The van der Waals surface area contributed by atoms with Crippen LogP contribution in [0.3, 0.4) is 0 Å². The number of hydrogen-bond acceptors (Lipinski definition) is 5. The first-order valence-electron chi connectivity index (χ1n) is 8.77. The first-order valence-corrected chi connectivity index (χ1v) is 8.77. The standard InChI is InChI=1S/C21H26O5/c1-6-9-21-11-16(26-5)19(22)18(20(21)23)17(12(21)2)13-7-8-14(24-3)15(10-13)25-4/h6-8,10-12,17-18,20,23H,1,9H2,2-5H3/t12-,17+,18+,20?,21+/m1/s1. The lowest BCUT2D eigenvalue weighted by atomic mass is 9.70. The number of rotatable bonds is 6. The molecule has 0 spiro atoms.